The summed E-state index contributed by atoms with van der Waals surface area (Å²) >= 11 is 0. The maximum Gasteiger partial charge on any atom is 0.238 e. The van der Waals surface area contributed by atoms with Crippen molar-refractivity contribution in [2.45, 2.75) is 17.7 Å². The topological polar surface area (TPSA) is 110 Å². The maximum absolute atomic E-state index is 11.3. The number of nitrogens with one attached hydrogen (secondary N) is 2. The zero-order chi connectivity index (χ0) is 19.3. The van der Waals surface area contributed by atoms with Gasteiger partial charge >= 0.3 is 0 Å². The Labute approximate surface area is 158 Å². The second kappa shape index (κ2) is 8.15. The van der Waals surface area contributed by atoms with Crippen LogP contribution in [0.2, 0.25) is 0 Å². The van der Waals surface area contributed by atoms with Gasteiger partial charge in [-0.15, -0.1) is 0 Å². The van der Waals surface area contributed by atoms with Crippen molar-refractivity contribution in [3.05, 3.63) is 72.4 Å². The Morgan fingerprint density at radius 2 is 1.74 bits per heavy atom. The van der Waals surface area contributed by atoms with Crippen molar-refractivity contribution in [1.82, 2.24) is 9.97 Å². The van der Waals surface area contributed by atoms with Crippen molar-refractivity contribution < 1.29 is 8.42 Å². The highest BCUT2D eigenvalue weighted by Gasteiger charge is 2.08. The fourth-order valence-electron chi connectivity index (χ4n) is 2.53. The number of anilines is 3. The molecule has 0 aliphatic rings. The van der Waals surface area contributed by atoms with Gasteiger partial charge in [-0.1, -0.05) is 37.3 Å². The number of rotatable bonds is 7. The second-order valence-corrected chi connectivity index (χ2v) is 7.71. The van der Waals surface area contributed by atoms with E-state index >= 15 is 0 Å². The number of primary sulfonamides is 1. The van der Waals surface area contributed by atoms with E-state index in [0.717, 1.165) is 6.54 Å². The summed E-state index contributed by atoms with van der Waals surface area (Å²) in [5.74, 6) is 1.45. The summed E-state index contributed by atoms with van der Waals surface area (Å²) in [5.41, 5.74) is 1.92. The van der Waals surface area contributed by atoms with Crippen molar-refractivity contribution >= 4 is 27.5 Å². The molecule has 1 aromatic heterocycles. The number of aromatic nitrogens is 2. The van der Waals surface area contributed by atoms with Crippen LogP contribution in [0.3, 0.4) is 0 Å². The van der Waals surface area contributed by atoms with E-state index in [2.05, 4.69) is 39.7 Å². The number of nitrogens with two attached hydrogens (primary N) is 1. The van der Waals surface area contributed by atoms with E-state index in [9.17, 15) is 8.42 Å². The molecule has 1 heterocycles. The van der Waals surface area contributed by atoms with Crippen LogP contribution in [0.25, 0.3) is 0 Å². The summed E-state index contributed by atoms with van der Waals surface area (Å²) in [5, 5.41) is 11.5. The molecule has 0 radical (unpaired) electrons. The van der Waals surface area contributed by atoms with Crippen molar-refractivity contribution in [3.63, 3.8) is 0 Å². The van der Waals surface area contributed by atoms with Crippen molar-refractivity contribution in [3.8, 4) is 0 Å². The van der Waals surface area contributed by atoms with E-state index in [1.807, 2.05) is 18.2 Å². The lowest BCUT2D eigenvalue weighted by molar-refractivity contribution is 0.598. The number of benzene rings is 2. The molecule has 140 valence electrons. The van der Waals surface area contributed by atoms with Gasteiger partial charge in [0, 0.05) is 18.4 Å². The summed E-state index contributed by atoms with van der Waals surface area (Å²) in [6.45, 7) is 2.89. The van der Waals surface area contributed by atoms with E-state index < -0.39 is 10.0 Å². The number of sulfonamides is 1. The van der Waals surface area contributed by atoms with Gasteiger partial charge in [0.2, 0.25) is 16.0 Å². The van der Waals surface area contributed by atoms with Crippen molar-refractivity contribution in [2.75, 3.05) is 17.2 Å². The van der Waals surface area contributed by atoms with Crippen molar-refractivity contribution in [1.29, 1.82) is 0 Å². The predicted octanol–water partition coefficient (Wildman–Crippen LogP) is 3.08. The van der Waals surface area contributed by atoms with E-state index in [0.29, 0.717) is 23.4 Å². The third-order valence-corrected chi connectivity index (χ3v) is 4.98. The Bertz CT molecular complexity index is 992. The van der Waals surface area contributed by atoms with Gasteiger partial charge in [0.15, 0.2) is 0 Å². The van der Waals surface area contributed by atoms with Crippen LogP contribution in [0.4, 0.5) is 17.5 Å². The molecule has 0 saturated heterocycles. The summed E-state index contributed by atoms with van der Waals surface area (Å²) in [7, 11) is -3.71. The molecule has 0 unspecified atom stereocenters. The van der Waals surface area contributed by atoms with Crippen LogP contribution >= 0.6 is 0 Å². The van der Waals surface area contributed by atoms with Crippen LogP contribution in [0.1, 0.15) is 18.4 Å². The normalized spacial score (nSPS) is 12.4. The molecule has 4 N–H and O–H groups in total. The minimum absolute atomic E-state index is 0.0549. The molecule has 8 heteroatoms. The highest BCUT2D eigenvalue weighted by atomic mass is 32.2. The zero-order valence-corrected chi connectivity index (χ0v) is 15.6. The minimum atomic E-state index is -3.71. The third-order valence-electron chi connectivity index (χ3n) is 4.05. The molecule has 0 fully saturated rings. The maximum atomic E-state index is 11.3. The minimum Gasteiger partial charge on any atom is -0.369 e. The molecule has 0 aliphatic carbocycles. The second-order valence-electron chi connectivity index (χ2n) is 6.15. The van der Waals surface area contributed by atoms with Crippen LogP contribution in [0, 0.1) is 0 Å². The average molecular weight is 383 g/mol. The van der Waals surface area contributed by atoms with E-state index in [-0.39, 0.29) is 4.90 Å². The van der Waals surface area contributed by atoms with Gasteiger partial charge in [0.25, 0.3) is 0 Å². The summed E-state index contributed by atoms with van der Waals surface area (Å²) in [6, 6.07) is 18.1. The largest absolute Gasteiger partial charge is 0.369 e. The number of hydrogen-bond donors (Lipinski definition) is 3. The SMILES string of the molecule is C[C@H](CNc1ccnc(Nc2ccc(S(N)(=O)=O)cc2)n1)c1ccccc1. The molecule has 0 saturated carbocycles. The zero-order valence-electron chi connectivity index (χ0n) is 14.8. The van der Waals surface area contributed by atoms with Crippen LogP contribution in [-0.2, 0) is 10.0 Å². The quantitative estimate of drug-likeness (QED) is 0.578. The molecule has 0 amide bonds. The van der Waals surface area contributed by atoms with Gasteiger partial charge in [-0.05, 0) is 41.8 Å². The van der Waals surface area contributed by atoms with Crippen LogP contribution < -0.4 is 15.8 Å². The standard InChI is InChI=1S/C19H21N5O2S/c1-14(15-5-3-2-4-6-15)13-22-18-11-12-21-19(24-18)23-16-7-9-17(10-8-16)27(20,25)26/h2-12,14H,13H2,1H3,(H2,20,25,26)(H2,21,22,23,24)/t14-/m1/s1. The Balaban J connectivity index is 1.63. The fraction of sp³-hybridized carbons (Fsp3) is 0.158. The average Bonchev–Trinajstić information content (AvgIpc) is 2.67. The summed E-state index contributed by atoms with van der Waals surface area (Å²) in [4.78, 5) is 8.67. The number of nitrogens with zero attached hydrogens (tertiary/aromatic N) is 2. The highest BCUT2D eigenvalue weighted by molar-refractivity contribution is 7.89. The van der Waals surface area contributed by atoms with Gasteiger partial charge in [-0.2, -0.15) is 4.98 Å². The first kappa shape index (κ1) is 18.8. The Morgan fingerprint density at radius 3 is 2.41 bits per heavy atom. The number of hydrogen-bond acceptors (Lipinski definition) is 6. The molecular formula is C19H21N5O2S. The van der Waals surface area contributed by atoms with Crippen molar-refractivity contribution in [2.24, 2.45) is 5.14 Å². The molecule has 0 spiro atoms. The third kappa shape index (κ3) is 5.25. The summed E-state index contributed by atoms with van der Waals surface area (Å²) in [6.07, 6.45) is 1.66. The van der Waals surface area contributed by atoms with Crippen LogP contribution in [0.15, 0.2) is 71.8 Å². The molecule has 2 aromatic carbocycles. The van der Waals surface area contributed by atoms with E-state index in [4.69, 9.17) is 5.14 Å². The Morgan fingerprint density at radius 1 is 1.04 bits per heavy atom. The van der Waals surface area contributed by atoms with Gasteiger partial charge in [-0.25, -0.2) is 18.5 Å². The molecular weight excluding hydrogens is 362 g/mol. The van der Waals surface area contributed by atoms with Crippen LogP contribution in [0.5, 0.6) is 0 Å². The van der Waals surface area contributed by atoms with E-state index in [1.54, 1.807) is 24.4 Å². The first-order chi connectivity index (χ1) is 12.9. The lowest BCUT2D eigenvalue weighted by Gasteiger charge is -2.14. The molecule has 0 aliphatic heterocycles. The first-order valence-corrected chi connectivity index (χ1v) is 9.98. The molecule has 3 rings (SSSR count). The molecule has 0 bridgehead atoms. The predicted molar refractivity (Wildman–Crippen MR) is 106 cm³/mol. The smallest absolute Gasteiger partial charge is 0.238 e. The lowest BCUT2D eigenvalue weighted by Crippen LogP contribution is -2.12. The van der Waals surface area contributed by atoms with Crippen LogP contribution in [-0.4, -0.2) is 24.9 Å². The van der Waals surface area contributed by atoms with Gasteiger partial charge < -0.3 is 10.6 Å². The monoisotopic (exact) mass is 383 g/mol. The Kier molecular flexibility index (Phi) is 5.68. The van der Waals surface area contributed by atoms with Gasteiger partial charge in [0.05, 0.1) is 4.90 Å². The molecule has 27 heavy (non-hydrogen) atoms. The Hall–Kier alpha value is -2.97. The highest BCUT2D eigenvalue weighted by Crippen LogP contribution is 2.18. The first-order valence-electron chi connectivity index (χ1n) is 8.43. The molecule has 1 atom stereocenters. The fourth-order valence-corrected chi connectivity index (χ4v) is 3.05. The summed E-state index contributed by atoms with van der Waals surface area (Å²) < 4.78 is 22.6. The van der Waals surface area contributed by atoms with Gasteiger partial charge in [-0.3, -0.25) is 0 Å². The van der Waals surface area contributed by atoms with E-state index in [1.165, 1.54) is 17.7 Å². The molecule has 7 nitrogen and oxygen atoms in total. The van der Waals surface area contributed by atoms with Gasteiger partial charge in [0.1, 0.15) is 5.82 Å². The molecule has 3 aromatic rings. The lowest BCUT2D eigenvalue weighted by atomic mass is 10.0.